The molecule has 4 heteroatoms. The van der Waals surface area contributed by atoms with Gasteiger partial charge >= 0.3 is 0 Å². The zero-order valence-electron chi connectivity index (χ0n) is 8.49. The van der Waals surface area contributed by atoms with Crippen molar-refractivity contribution in [2.75, 3.05) is 13.2 Å². The van der Waals surface area contributed by atoms with Crippen LogP contribution in [-0.4, -0.2) is 41.4 Å². The van der Waals surface area contributed by atoms with Crippen LogP contribution in [0.2, 0.25) is 0 Å². The number of hydrogen-bond acceptors (Lipinski definition) is 4. The molecule has 0 amide bonds. The van der Waals surface area contributed by atoms with Crippen molar-refractivity contribution in [3.8, 4) is 0 Å². The van der Waals surface area contributed by atoms with Crippen molar-refractivity contribution in [2.24, 2.45) is 0 Å². The maximum atomic E-state index is 9.74. The van der Waals surface area contributed by atoms with Crippen LogP contribution in [0, 0.1) is 0 Å². The Morgan fingerprint density at radius 3 is 2.71 bits per heavy atom. The Kier molecular flexibility index (Phi) is 3.48. The summed E-state index contributed by atoms with van der Waals surface area (Å²) < 4.78 is 10.7. The van der Waals surface area contributed by atoms with Gasteiger partial charge < -0.3 is 19.7 Å². The van der Waals surface area contributed by atoms with Crippen molar-refractivity contribution in [2.45, 2.75) is 31.8 Å². The van der Waals surface area contributed by atoms with E-state index in [1.54, 1.807) is 13.8 Å². The van der Waals surface area contributed by atoms with Gasteiger partial charge in [-0.05, 0) is 13.8 Å². The molecule has 1 aliphatic rings. The van der Waals surface area contributed by atoms with E-state index in [0.717, 1.165) is 0 Å². The normalized spacial score (nSPS) is 27.0. The van der Waals surface area contributed by atoms with Crippen LogP contribution in [0.25, 0.3) is 0 Å². The molecule has 0 aliphatic carbocycles. The number of aliphatic hydroxyl groups is 2. The molecule has 0 bridgehead atoms. The Labute approximate surface area is 83.5 Å². The lowest BCUT2D eigenvalue weighted by atomic mass is 10.1. The van der Waals surface area contributed by atoms with Crippen molar-refractivity contribution in [1.82, 2.24) is 0 Å². The summed E-state index contributed by atoms with van der Waals surface area (Å²) in [6, 6.07) is 0. The first-order chi connectivity index (χ1) is 6.50. The SMILES string of the molecule is C=C=C(CO)[C@H](O)[C@H]1COC(C)(C)O1. The molecular weight excluding hydrogens is 184 g/mol. The van der Waals surface area contributed by atoms with Gasteiger partial charge in [0, 0.05) is 5.57 Å². The van der Waals surface area contributed by atoms with Crippen LogP contribution in [-0.2, 0) is 9.47 Å². The summed E-state index contributed by atoms with van der Waals surface area (Å²) >= 11 is 0. The van der Waals surface area contributed by atoms with Gasteiger partial charge in [-0.25, -0.2) is 0 Å². The average Bonchev–Trinajstić information content (AvgIpc) is 2.48. The van der Waals surface area contributed by atoms with E-state index in [1.165, 1.54) is 0 Å². The molecule has 1 aliphatic heterocycles. The van der Waals surface area contributed by atoms with Gasteiger partial charge in [-0.15, -0.1) is 5.73 Å². The highest BCUT2D eigenvalue weighted by Gasteiger charge is 2.37. The largest absolute Gasteiger partial charge is 0.391 e. The third kappa shape index (κ3) is 2.44. The molecule has 0 radical (unpaired) electrons. The lowest BCUT2D eigenvalue weighted by Crippen LogP contribution is -2.32. The van der Waals surface area contributed by atoms with E-state index < -0.39 is 18.0 Å². The zero-order valence-corrected chi connectivity index (χ0v) is 8.49. The fourth-order valence-corrected chi connectivity index (χ4v) is 1.35. The van der Waals surface area contributed by atoms with Gasteiger partial charge in [0.15, 0.2) is 5.79 Å². The van der Waals surface area contributed by atoms with Crippen molar-refractivity contribution in [3.05, 3.63) is 17.9 Å². The third-order valence-corrected chi connectivity index (χ3v) is 2.14. The Bertz CT molecular complexity index is 253. The molecule has 80 valence electrons. The van der Waals surface area contributed by atoms with Crippen LogP contribution >= 0.6 is 0 Å². The van der Waals surface area contributed by atoms with Gasteiger partial charge in [-0.1, -0.05) is 6.58 Å². The van der Waals surface area contributed by atoms with Crippen LogP contribution in [0.1, 0.15) is 13.8 Å². The van der Waals surface area contributed by atoms with Gasteiger partial charge in [-0.3, -0.25) is 0 Å². The molecule has 1 heterocycles. The first-order valence-electron chi connectivity index (χ1n) is 4.49. The molecule has 1 fully saturated rings. The lowest BCUT2D eigenvalue weighted by molar-refractivity contribution is -0.148. The van der Waals surface area contributed by atoms with Gasteiger partial charge in [-0.2, -0.15) is 0 Å². The second-order valence-corrected chi connectivity index (χ2v) is 3.67. The molecule has 2 N–H and O–H groups in total. The molecule has 14 heavy (non-hydrogen) atoms. The van der Waals surface area contributed by atoms with E-state index in [1.807, 2.05) is 0 Å². The molecule has 0 spiro atoms. The minimum absolute atomic E-state index is 0.273. The van der Waals surface area contributed by atoms with E-state index in [0.29, 0.717) is 12.2 Å². The quantitative estimate of drug-likeness (QED) is 0.639. The molecule has 0 aromatic heterocycles. The topological polar surface area (TPSA) is 58.9 Å². The zero-order chi connectivity index (χ0) is 10.8. The summed E-state index contributed by atoms with van der Waals surface area (Å²) in [5.74, 6) is -0.673. The molecule has 4 nitrogen and oxygen atoms in total. The van der Waals surface area contributed by atoms with E-state index in [9.17, 15) is 5.11 Å². The van der Waals surface area contributed by atoms with Gasteiger partial charge in [0.05, 0.1) is 13.2 Å². The van der Waals surface area contributed by atoms with Gasteiger partial charge in [0.1, 0.15) is 12.2 Å². The third-order valence-electron chi connectivity index (χ3n) is 2.14. The second-order valence-electron chi connectivity index (χ2n) is 3.67. The Hall–Kier alpha value is -0.640. The summed E-state index contributed by atoms with van der Waals surface area (Å²) in [6.45, 7) is 6.96. The van der Waals surface area contributed by atoms with Crippen LogP contribution < -0.4 is 0 Å². The molecule has 0 aromatic rings. The number of hydrogen-bond donors (Lipinski definition) is 2. The number of ether oxygens (including phenoxy) is 2. The molecule has 0 aromatic carbocycles. The molecule has 1 saturated heterocycles. The highest BCUT2D eigenvalue weighted by atomic mass is 16.7. The predicted molar refractivity (Wildman–Crippen MR) is 50.6 cm³/mol. The maximum Gasteiger partial charge on any atom is 0.163 e. The Morgan fingerprint density at radius 1 is 1.71 bits per heavy atom. The van der Waals surface area contributed by atoms with E-state index in [-0.39, 0.29) is 6.61 Å². The Balaban J connectivity index is 2.64. The van der Waals surface area contributed by atoms with Crippen LogP contribution in [0.5, 0.6) is 0 Å². The number of rotatable bonds is 3. The monoisotopic (exact) mass is 200 g/mol. The predicted octanol–water partition coefficient (Wildman–Crippen LogP) is 0.202. The first-order valence-corrected chi connectivity index (χ1v) is 4.49. The van der Waals surface area contributed by atoms with Crippen LogP contribution in [0.3, 0.4) is 0 Å². The van der Waals surface area contributed by atoms with E-state index in [4.69, 9.17) is 14.6 Å². The van der Waals surface area contributed by atoms with Gasteiger partial charge in [0.2, 0.25) is 0 Å². The van der Waals surface area contributed by atoms with Crippen molar-refractivity contribution < 1.29 is 19.7 Å². The van der Waals surface area contributed by atoms with Gasteiger partial charge in [0.25, 0.3) is 0 Å². The number of aliphatic hydroxyl groups excluding tert-OH is 2. The minimum Gasteiger partial charge on any atom is -0.391 e. The highest BCUT2D eigenvalue weighted by Crippen LogP contribution is 2.25. The van der Waals surface area contributed by atoms with E-state index in [2.05, 4.69) is 12.3 Å². The lowest BCUT2D eigenvalue weighted by Gasteiger charge is -2.20. The summed E-state index contributed by atoms with van der Waals surface area (Å²) in [6.07, 6.45) is -1.36. The van der Waals surface area contributed by atoms with Crippen LogP contribution in [0.15, 0.2) is 17.9 Å². The smallest absolute Gasteiger partial charge is 0.163 e. The maximum absolute atomic E-state index is 9.74. The van der Waals surface area contributed by atoms with E-state index >= 15 is 0 Å². The molecular formula is C10H16O4. The van der Waals surface area contributed by atoms with Crippen molar-refractivity contribution in [3.63, 3.8) is 0 Å². The molecule has 0 unspecified atom stereocenters. The summed E-state index contributed by atoms with van der Waals surface area (Å²) in [5, 5.41) is 18.6. The second kappa shape index (κ2) is 4.26. The van der Waals surface area contributed by atoms with Crippen molar-refractivity contribution in [1.29, 1.82) is 0 Å². The molecule has 0 saturated carbocycles. The summed E-state index contributed by atoms with van der Waals surface area (Å²) in [4.78, 5) is 0. The van der Waals surface area contributed by atoms with Crippen LogP contribution in [0.4, 0.5) is 0 Å². The first kappa shape index (κ1) is 11.4. The Morgan fingerprint density at radius 2 is 2.36 bits per heavy atom. The average molecular weight is 200 g/mol. The highest BCUT2D eigenvalue weighted by molar-refractivity contribution is 5.09. The summed E-state index contributed by atoms with van der Waals surface area (Å²) in [7, 11) is 0. The molecule has 2 atom stereocenters. The molecule has 1 rings (SSSR count). The fourth-order valence-electron chi connectivity index (χ4n) is 1.35. The standard InChI is InChI=1S/C10H16O4/c1-4-7(5-11)9(12)8-6-13-10(2,3)14-8/h8-9,11-12H,1,5-6H2,2-3H3/t8-,9+/m1/s1. The van der Waals surface area contributed by atoms with Crippen molar-refractivity contribution >= 4 is 0 Å². The fraction of sp³-hybridized carbons (Fsp3) is 0.700. The summed E-state index contributed by atoms with van der Waals surface area (Å²) in [5.41, 5.74) is 2.82. The minimum atomic E-state index is -0.903.